The summed E-state index contributed by atoms with van der Waals surface area (Å²) >= 11 is 0. The van der Waals surface area contributed by atoms with Crippen molar-refractivity contribution in [3.8, 4) is 5.75 Å². The third kappa shape index (κ3) is 3.91. The second kappa shape index (κ2) is 8.33. The Morgan fingerprint density at radius 2 is 1.84 bits per heavy atom. The van der Waals surface area contributed by atoms with Crippen molar-refractivity contribution in [3.63, 3.8) is 0 Å². The van der Waals surface area contributed by atoms with E-state index < -0.39 is 0 Å². The Balaban J connectivity index is 1.30. The van der Waals surface area contributed by atoms with Gasteiger partial charge < -0.3 is 14.2 Å². The molecule has 2 heterocycles. The molecule has 6 heteroatoms. The number of piperidine rings is 1. The molecule has 162 valence electrons. The van der Waals surface area contributed by atoms with Crippen LogP contribution in [0.1, 0.15) is 55.5 Å². The lowest BCUT2D eigenvalue weighted by Crippen LogP contribution is -2.40. The average Bonchev–Trinajstić information content (AvgIpc) is 3.10. The Labute approximate surface area is 181 Å². The highest BCUT2D eigenvalue weighted by atomic mass is 19.1. The minimum atomic E-state index is -0.240. The predicted octanol–water partition coefficient (Wildman–Crippen LogP) is 4.86. The van der Waals surface area contributed by atoms with E-state index in [-0.39, 0.29) is 11.7 Å². The number of ether oxygens (including phenoxy) is 1. The Morgan fingerprint density at radius 3 is 2.48 bits per heavy atom. The number of carbonyl (C=O) groups is 1. The van der Waals surface area contributed by atoms with E-state index in [1.165, 1.54) is 12.5 Å². The zero-order chi connectivity index (χ0) is 21.4. The smallest absolute Gasteiger partial charge is 0.226 e. The van der Waals surface area contributed by atoms with Crippen LogP contribution in [-0.4, -0.2) is 40.6 Å². The van der Waals surface area contributed by atoms with Crippen molar-refractivity contribution in [2.75, 3.05) is 20.2 Å². The van der Waals surface area contributed by atoms with Crippen molar-refractivity contribution in [3.05, 3.63) is 59.7 Å². The van der Waals surface area contributed by atoms with Crippen molar-refractivity contribution in [2.45, 2.75) is 50.5 Å². The Bertz CT molecular complexity index is 1080. The lowest BCUT2D eigenvalue weighted by atomic mass is 9.84. The first-order valence-electron chi connectivity index (χ1n) is 11.2. The van der Waals surface area contributed by atoms with Gasteiger partial charge in [0.1, 0.15) is 17.4 Å². The molecule has 2 fully saturated rings. The molecule has 1 aliphatic heterocycles. The quantitative estimate of drug-likeness (QED) is 0.591. The van der Waals surface area contributed by atoms with Gasteiger partial charge in [-0.25, -0.2) is 9.37 Å². The summed E-state index contributed by atoms with van der Waals surface area (Å²) in [6.07, 6.45) is 5.76. The predicted molar refractivity (Wildman–Crippen MR) is 118 cm³/mol. The molecule has 2 aromatic carbocycles. The van der Waals surface area contributed by atoms with Gasteiger partial charge in [-0.15, -0.1) is 0 Å². The topological polar surface area (TPSA) is 47.4 Å². The number of hydrogen-bond donors (Lipinski definition) is 0. The van der Waals surface area contributed by atoms with Gasteiger partial charge in [0.15, 0.2) is 0 Å². The zero-order valence-electron chi connectivity index (χ0n) is 17.9. The maximum Gasteiger partial charge on any atom is 0.226 e. The van der Waals surface area contributed by atoms with E-state index in [0.717, 1.165) is 66.9 Å². The van der Waals surface area contributed by atoms with Gasteiger partial charge in [0, 0.05) is 31.1 Å². The molecule has 0 atom stereocenters. The molecule has 1 amide bonds. The fourth-order valence-electron chi connectivity index (χ4n) is 4.83. The molecule has 0 radical (unpaired) electrons. The summed E-state index contributed by atoms with van der Waals surface area (Å²) in [5.74, 6) is 2.31. The van der Waals surface area contributed by atoms with E-state index in [0.29, 0.717) is 18.4 Å². The van der Waals surface area contributed by atoms with E-state index in [4.69, 9.17) is 9.72 Å². The van der Waals surface area contributed by atoms with Crippen molar-refractivity contribution in [1.29, 1.82) is 0 Å². The maximum atomic E-state index is 13.8. The maximum absolute atomic E-state index is 13.8. The summed E-state index contributed by atoms with van der Waals surface area (Å²) in [5, 5.41) is 0. The number of fused-ring (bicyclic) bond motifs is 1. The van der Waals surface area contributed by atoms with Gasteiger partial charge in [0.05, 0.1) is 24.6 Å². The zero-order valence-corrected chi connectivity index (χ0v) is 17.9. The van der Waals surface area contributed by atoms with Gasteiger partial charge in [0.2, 0.25) is 5.91 Å². The average molecular weight is 422 g/mol. The molecule has 5 rings (SSSR count). The third-order valence-electron chi connectivity index (χ3n) is 6.85. The molecule has 3 aromatic rings. The normalized spacial score (nSPS) is 17.7. The first-order valence-corrected chi connectivity index (χ1v) is 11.2. The van der Waals surface area contributed by atoms with Crippen LogP contribution >= 0.6 is 0 Å². The molecular formula is C25H28FN3O2. The number of imidazole rings is 1. The van der Waals surface area contributed by atoms with Crippen LogP contribution in [0.2, 0.25) is 0 Å². The molecule has 0 spiro atoms. The minimum Gasteiger partial charge on any atom is -0.497 e. The van der Waals surface area contributed by atoms with Gasteiger partial charge in [0.25, 0.3) is 0 Å². The largest absolute Gasteiger partial charge is 0.497 e. The van der Waals surface area contributed by atoms with Crippen molar-refractivity contribution < 1.29 is 13.9 Å². The Hall–Kier alpha value is -2.89. The third-order valence-corrected chi connectivity index (χ3v) is 6.85. The summed E-state index contributed by atoms with van der Waals surface area (Å²) < 4.78 is 21.3. The molecule has 0 bridgehead atoms. The van der Waals surface area contributed by atoms with Gasteiger partial charge in [-0.2, -0.15) is 0 Å². The summed E-state index contributed by atoms with van der Waals surface area (Å²) in [5.41, 5.74) is 2.77. The van der Waals surface area contributed by atoms with E-state index in [9.17, 15) is 9.18 Å². The van der Waals surface area contributed by atoms with Crippen LogP contribution in [0.5, 0.6) is 5.75 Å². The van der Waals surface area contributed by atoms with E-state index in [2.05, 4.69) is 4.57 Å². The fourth-order valence-corrected chi connectivity index (χ4v) is 4.83. The number of halogens is 1. The van der Waals surface area contributed by atoms with Gasteiger partial charge >= 0.3 is 0 Å². The number of carbonyl (C=O) groups excluding carboxylic acids is 1. The van der Waals surface area contributed by atoms with Crippen LogP contribution in [0.3, 0.4) is 0 Å². The van der Waals surface area contributed by atoms with Crippen LogP contribution in [-0.2, 0) is 11.2 Å². The van der Waals surface area contributed by atoms with E-state index >= 15 is 0 Å². The number of methoxy groups -OCH3 is 1. The van der Waals surface area contributed by atoms with E-state index in [1.807, 2.05) is 35.2 Å². The monoisotopic (exact) mass is 421 g/mol. The lowest BCUT2D eigenvalue weighted by molar-refractivity contribution is -0.131. The highest BCUT2D eigenvalue weighted by molar-refractivity contribution is 5.79. The lowest BCUT2D eigenvalue weighted by Gasteiger charge is -2.35. The second-order valence-corrected chi connectivity index (χ2v) is 8.74. The van der Waals surface area contributed by atoms with Crippen molar-refractivity contribution in [1.82, 2.24) is 14.5 Å². The van der Waals surface area contributed by atoms with Gasteiger partial charge in [-0.1, -0.05) is 18.6 Å². The number of likely N-dealkylation sites (tertiary alicyclic amines) is 1. The molecule has 1 aromatic heterocycles. The van der Waals surface area contributed by atoms with Gasteiger partial charge in [-0.05, 0) is 55.5 Å². The van der Waals surface area contributed by atoms with Crippen LogP contribution < -0.4 is 4.74 Å². The summed E-state index contributed by atoms with van der Waals surface area (Å²) in [6, 6.07) is 12.9. The van der Waals surface area contributed by atoms with Crippen LogP contribution in [0.25, 0.3) is 11.0 Å². The van der Waals surface area contributed by atoms with Crippen LogP contribution in [0, 0.1) is 5.82 Å². The number of rotatable bonds is 5. The molecule has 31 heavy (non-hydrogen) atoms. The number of nitrogens with zero attached hydrogens (tertiary/aromatic N) is 3. The van der Waals surface area contributed by atoms with E-state index in [1.54, 1.807) is 13.2 Å². The van der Waals surface area contributed by atoms with Crippen molar-refractivity contribution in [2.24, 2.45) is 0 Å². The van der Waals surface area contributed by atoms with Gasteiger partial charge in [-0.3, -0.25) is 4.79 Å². The number of hydrogen-bond acceptors (Lipinski definition) is 3. The summed E-state index contributed by atoms with van der Waals surface area (Å²) in [4.78, 5) is 19.6. The van der Waals surface area contributed by atoms with Crippen molar-refractivity contribution >= 4 is 16.9 Å². The fraction of sp³-hybridized carbons (Fsp3) is 0.440. The minimum absolute atomic E-state index is 0.167. The molecule has 5 nitrogen and oxygen atoms in total. The molecule has 0 unspecified atom stereocenters. The highest BCUT2D eigenvalue weighted by Crippen LogP contribution is 2.40. The number of aromatic nitrogens is 2. The van der Waals surface area contributed by atoms with Crippen LogP contribution in [0.15, 0.2) is 42.5 Å². The molecule has 1 aliphatic carbocycles. The van der Waals surface area contributed by atoms with Crippen LogP contribution in [0.4, 0.5) is 4.39 Å². The first-order chi connectivity index (χ1) is 15.1. The Morgan fingerprint density at radius 1 is 1.10 bits per heavy atom. The molecular weight excluding hydrogens is 393 g/mol. The molecule has 1 saturated carbocycles. The molecule has 1 saturated heterocycles. The molecule has 0 N–H and O–H groups in total. The number of benzene rings is 2. The summed E-state index contributed by atoms with van der Waals surface area (Å²) in [6.45, 7) is 1.48. The first kappa shape index (κ1) is 20.0. The molecule has 2 aliphatic rings. The standard InChI is InChI=1S/C25H28FN3O2/c1-31-21-8-5-17(6-9-21)15-24(30)28-13-11-20(12-14-28)29-23-10-7-19(26)16-22(23)27-25(29)18-3-2-4-18/h5-10,16,18,20H,2-4,11-15H2,1H3. The number of amides is 1. The summed E-state index contributed by atoms with van der Waals surface area (Å²) in [7, 11) is 1.64. The highest BCUT2D eigenvalue weighted by Gasteiger charge is 2.31. The second-order valence-electron chi connectivity index (χ2n) is 8.74. The Kier molecular flexibility index (Phi) is 5.38. The SMILES string of the molecule is COc1ccc(CC(=O)N2CCC(n3c(C4CCC4)nc4cc(F)ccc43)CC2)cc1.